The van der Waals surface area contributed by atoms with Crippen LogP contribution in [0.2, 0.25) is 0 Å². The van der Waals surface area contributed by atoms with Crippen molar-refractivity contribution in [2.75, 3.05) is 4.90 Å². The molecule has 1 aromatic heterocycles. The van der Waals surface area contributed by atoms with Gasteiger partial charge in [-0.3, -0.25) is 0 Å². The second-order valence-electron chi connectivity index (χ2n) is 16.9. The number of aromatic nitrogens is 1. The normalized spacial score (nSPS) is 11.3. The summed E-state index contributed by atoms with van der Waals surface area (Å²) < 4.78 is 2.44. The van der Waals surface area contributed by atoms with Crippen LogP contribution < -0.4 is 4.90 Å². The van der Waals surface area contributed by atoms with Crippen LogP contribution in [0.1, 0.15) is 0 Å². The minimum Gasteiger partial charge on any atom is -0.310 e. The van der Waals surface area contributed by atoms with E-state index >= 15 is 0 Å². The Morgan fingerprint density at radius 3 is 1.35 bits per heavy atom. The van der Waals surface area contributed by atoms with E-state index in [2.05, 4.69) is 276 Å². The van der Waals surface area contributed by atoms with Crippen molar-refractivity contribution in [2.24, 2.45) is 0 Å². The van der Waals surface area contributed by atoms with Crippen molar-refractivity contribution in [2.45, 2.75) is 0 Å². The molecule has 2 nitrogen and oxygen atoms in total. The average Bonchev–Trinajstić information content (AvgIpc) is 3.74. The average molecular weight is 841 g/mol. The Morgan fingerprint density at radius 1 is 0.242 bits per heavy atom. The van der Waals surface area contributed by atoms with Crippen molar-refractivity contribution in [3.8, 4) is 61.3 Å². The summed E-state index contributed by atoms with van der Waals surface area (Å²) >= 11 is 0. The summed E-state index contributed by atoms with van der Waals surface area (Å²) in [4.78, 5) is 2.37. The molecule has 0 spiro atoms. The molecular formula is C64H44N2. The molecule has 11 aromatic carbocycles. The van der Waals surface area contributed by atoms with Crippen LogP contribution in [0.3, 0.4) is 0 Å². The third kappa shape index (κ3) is 7.02. The van der Waals surface area contributed by atoms with Crippen LogP contribution in [0, 0.1) is 0 Å². The zero-order valence-corrected chi connectivity index (χ0v) is 36.3. The smallest absolute Gasteiger partial charge is 0.0541 e. The van der Waals surface area contributed by atoms with Gasteiger partial charge in [-0.1, -0.05) is 212 Å². The summed E-state index contributed by atoms with van der Waals surface area (Å²) in [5.41, 5.74) is 18.6. The summed E-state index contributed by atoms with van der Waals surface area (Å²) in [5.74, 6) is 0. The Bertz CT molecular complexity index is 3600. The highest BCUT2D eigenvalue weighted by molar-refractivity contribution is 6.10. The van der Waals surface area contributed by atoms with Crippen LogP contribution in [0.5, 0.6) is 0 Å². The topological polar surface area (TPSA) is 8.17 Å². The van der Waals surface area contributed by atoms with Gasteiger partial charge in [-0.05, 0) is 115 Å². The van der Waals surface area contributed by atoms with Gasteiger partial charge in [-0.15, -0.1) is 0 Å². The number of para-hydroxylation sites is 4. The highest BCUT2D eigenvalue weighted by Gasteiger charge is 2.20. The lowest BCUT2D eigenvalue weighted by molar-refractivity contribution is 1.18. The Morgan fingerprint density at radius 2 is 0.682 bits per heavy atom. The maximum Gasteiger partial charge on any atom is 0.0541 e. The van der Waals surface area contributed by atoms with E-state index in [1.807, 2.05) is 0 Å². The van der Waals surface area contributed by atoms with Crippen molar-refractivity contribution in [1.29, 1.82) is 0 Å². The maximum atomic E-state index is 2.44. The van der Waals surface area contributed by atoms with Crippen LogP contribution in [0.4, 0.5) is 17.1 Å². The van der Waals surface area contributed by atoms with Crippen molar-refractivity contribution in [3.05, 3.63) is 267 Å². The molecule has 1 heterocycles. The lowest BCUT2D eigenvalue weighted by Crippen LogP contribution is -2.10. The first kappa shape index (κ1) is 38.9. The number of hydrogen-bond acceptors (Lipinski definition) is 1. The monoisotopic (exact) mass is 840 g/mol. The molecule has 0 saturated carbocycles. The molecule has 2 heteroatoms. The highest BCUT2D eigenvalue weighted by Crippen LogP contribution is 2.44. The summed E-state index contributed by atoms with van der Waals surface area (Å²) in [6, 6.07) is 96.9. The first-order chi connectivity index (χ1) is 32.7. The van der Waals surface area contributed by atoms with Crippen molar-refractivity contribution in [3.63, 3.8) is 0 Å². The van der Waals surface area contributed by atoms with Gasteiger partial charge >= 0.3 is 0 Å². The number of nitrogens with zero attached hydrogens (tertiary/aromatic N) is 2. The van der Waals surface area contributed by atoms with Crippen LogP contribution in [0.15, 0.2) is 267 Å². The van der Waals surface area contributed by atoms with E-state index in [4.69, 9.17) is 0 Å². The van der Waals surface area contributed by atoms with E-state index in [0.717, 1.165) is 33.9 Å². The zero-order valence-electron chi connectivity index (χ0n) is 36.3. The first-order valence-electron chi connectivity index (χ1n) is 22.7. The molecule has 310 valence electrons. The fourth-order valence-corrected chi connectivity index (χ4v) is 9.84. The molecule has 0 N–H and O–H groups in total. The van der Waals surface area contributed by atoms with Crippen LogP contribution >= 0.6 is 0 Å². The van der Waals surface area contributed by atoms with E-state index in [1.54, 1.807) is 0 Å². The predicted octanol–water partition coefficient (Wildman–Crippen LogP) is 17.7. The molecule has 0 amide bonds. The highest BCUT2D eigenvalue weighted by atomic mass is 15.1. The van der Waals surface area contributed by atoms with Gasteiger partial charge in [0.2, 0.25) is 0 Å². The van der Waals surface area contributed by atoms with Crippen molar-refractivity contribution < 1.29 is 0 Å². The molecule has 0 saturated heterocycles. The number of rotatable bonds is 9. The zero-order chi connectivity index (χ0) is 43.8. The molecule has 0 fully saturated rings. The molecule has 0 unspecified atom stereocenters. The Kier molecular flexibility index (Phi) is 9.89. The van der Waals surface area contributed by atoms with Crippen LogP contribution in [-0.2, 0) is 0 Å². The first-order valence-corrected chi connectivity index (χ1v) is 22.7. The molecule has 0 aliphatic carbocycles. The number of hydrogen-bond donors (Lipinski definition) is 0. The van der Waals surface area contributed by atoms with E-state index in [0.29, 0.717) is 0 Å². The summed E-state index contributed by atoms with van der Waals surface area (Å²) in [6.07, 6.45) is 0. The molecule has 0 bridgehead atoms. The SMILES string of the molecule is c1ccc(-c2ccc(-c3cc(N(c4ccccc4)c4ccc(-c5ccc(-c6cccc7ccccc67)cc5)cc4)ccc3-c3ccccc3-n3c4ccccc4c4ccccc43)cc2)cc1. The Hall–Kier alpha value is -8.72. The van der Waals surface area contributed by atoms with E-state index < -0.39 is 0 Å². The number of anilines is 3. The lowest BCUT2D eigenvalue weighted by atomic mass is 9.91. The van der Waals surface area contributed by atoms with E-state index in [-0.39, 0.29) is 0 Å². The predicted molar refractivity (Wildman–Crippen MR) is 280 cm³/mol. The third-order valence-corrected chi connectivity index (χ3v) is 13.0. The molecular weight excluding hydrogens is 797 g/mol. The fraction of sp³-hybridized carbons (Fsp3) is 0. The summed E-state index contributed by atoms with van der Waals surface area (Å²) in [5, 5.41) is 5.02. The molecule has 12 rings (SSSR count). The minimum absolute atomic E-state index is 1.08. The quantitative estimate of drug-likeness (QED) is 0.141. The standard InChI is InChI=1S/C64H44N2/c1-3-16-45(17-4-1)46-32-36-51(37-33-46)61-44-54(42-43-57(61)58-23-9-12-27-62(58)66-63-28-13-10-24-59(63)60-25-11-14-29-64(60)66)65(52-20-5-2-6-21-52)53-40-38-48(39-41-53)47-30-34-50(35-31-47)56-26-15-19-49-18-7-8-22-55(49)56/h1-44H. The van der Waals surface area contributed by atoms with Gasteiger partial charge in [0.1, 0.15) is 0 Å². The molecule has 0 atom stereocenters. The number of benzene rings is 11. The van der Waals surface area contributed by atoms with Crippen LogP contribution in [0.25, 0.3) is 93.9 Å². The Labute approximate surface area is 385 Å². The van der Waals surface area contributed by atoms with Gasteiger partial charge in [0.15, 0.2) is 0 Å². The third-order valence-electron chi connectivity index (χ3n) is 13.0. The largest absolute Gasteiger partial charge is 0.310 e. The molecule has 66 heavy (non-hydrogen) atoms. The lowest BCUT2D eigenvalue weighted by Gasteiger charge is -2.27. The van der Waals surface area contributed by atoms with Gasteiger partial charge in [0.25, 0.3) is 0 Å². The van der Waals surface area contributed by atoms with Gasteiger partial charge in [0.05, 0.1) is 16.7 Å². The van der Waals surface area contributed by atoms with Gasteiger partial charge in [-0.2, -0.15) is 0 Å². The fourth-order valence-electron chi connectivity index (χ4n) is 9.84. The molecule has 0 aliphatic heterocycles. The van der Waals surface area contributed by atoms with E-state index in [1.165, 1.54) is 77.1 Å². The second kappa shape index (κ2) is 16.8. The molecule has 0 aliphatic rings. The molecule has 0 radical (unpaired) electrons. The maximum absolute atomic E-state index is 2.44. The Balaban J connectivity index is 0.979. The van der Waals surface area contributed by atoms with Crippen molar-refractivity contribution >= 4 is 49.6 Å². The van der Waals surface area contributed by atoms with Crippen LogP contribution in [-0.4, -0.2) is 4.57 Å². The summed E-state index contributed by atoms with van der Waals surface area (Å²) in [6.45, 7) is 0. The van der Waals surface area contributed by atoms with Gasteiger partial charge in [0, 0.05) is 33.4 Å². The second-order valence-corrected chi connectivity index (χ2v) is 16.9. The summed E-state index contributed by atoms with van der Waals surface area (Å²) in [7, 11) is 0. The van der Waals surface area contributed by atoms with Crippen molar-refractivity contribution in [1.82, 2.24) is 4.57 Å². The number of fused-ring (bicyclic) bond motifs is 4. The van der Waals surface area contributed by atoms with Gasteiger partial charge < -0.3 is 9.47 Å². The van der Waals surface area contributed by atoms with Gasteiger partial charge in [-0.25, -0.2) is 0 Å². The molecule has 12 aromatic rings. The minimum atomic E-state index is 1.08. The van der Waals surface area contributed by atoms with E-state index in [9.17, 15) is 0 Å².